The Morgan fingerprint density at radius 3 is 2.90 bits per heavy atom. The second-order valence-corrected chi connectivity index (χ2v) is 6.10. The lowest BCUT2D eigenvalue weighted by atomic mass is 9.97. The average Bonchev–Trinajstić information content (AvgIpc) is 2.72. The van der Waals surface area contributed by atoms with Gasteiger partial charge in [-0.1, -0.05) is 12.1 Å². The highest BCUT2D eigenvalue weighted by molar-refractivity contribution is 14.1. The highest BCUT2D eigenvalue weighted by Crippen LogP contribution is 2.39. The fourth-order valence-corrected chi connectivity index (χ4v) is 3.73. The first-order valence-corrected chi connectivity index (χ1v) is 7.92. The summed E-state index contributed by atoms with van der Waals surface area (Å²) >= 11 is 2.29. The van der Waals surface area contributed by atoms with Gasteiger partial charge in [-0.15, -0.1) is 0 Å². The van der Waals surface area contributed by atoms with Crippen LogP contribution in [0.3, 0.4) is 0 Å². The lowest BCUT2D eigenvalue weighted by Gasteiger charge is -2.13. The molecule has 0 saturated carbocycles. The molecule has 0 aromatic carbocycles. The number of hydrogen-bond acceptors (Lipinski definition) is 2. The van der Waals surface area contributed by atoms with Crippen molar-refractivity contribution >= 4 is 39.6 Å². The maximum atomic E-state index is 11.3. The fourth-order valence-electron chi connectivity index (χ4n) is 2.74. The van der Waals surface area contributed by atoms with Crippen LogP contribution in [-0.4, -0.2) is 10.4 Å². The normalized spacial score (nSPS) is 15.2. The molecule has 1 aliphatic carbocycles. The van der Waals surface area contributed by atoms with Gasteiger partial charge in [0.05, 0.1) is 14.8 Å². The molecule has 3 rings (SSSR count). The zero-order valence-corrected chi connectivity index (χ0v) is 13.5. The molecule has 0 amide bonds. The van der Waals surface area contributed by atoms with E-state index in [0.29, 0.717) is 5.75 Å². The van der Waals surface area contributed by atoms with Gasteiger partial charge in [0.25, 0.3) is 0 Å². The summed E-state index contributed by atoms with van der Waals surface area (Å²) in [5, 5.41) is 0. The van der Waals surface area contributed by atoms with E-state index in [9.17, 15) is 4.79 Å². The average molecular weight is 381 g/mol. The Morgan fingerprint density at radius 2 is 2.20 bits per heavy atom. The highest BCUT2D eigenvalue weighted by Gasteiger charge is 2.21. The summed E-state index contributed by atoms with van der Waals surface area (Å²) < 4.78 is 8.60. The topological polar surface area (TPSA) is 30.7 Å². The zero-order valence-electron chi connectivity index (χ0n) is 11.4. The molecule has 3 nitrogen and oxygen atoms in total. The number of allylic oxidation sites excluding steroid dienone is 2. The largest absolute Gasteiger partial charge is 0.423 e. The molecule has 0 N–H and O–H groups in total. The number of carbonyl (C=O) groups is 1. The monoisotopic (exact) mass is 381 g/mol. The molecule has 1 aliphatic rings. The minimum absolute atomic E-state index is 0.275. The van der Waals surface area contributed by atoms with E-state index in [2.05, 4.69) is 33.1 Å². The van der Waals surface area contributed by atoms with Crippen LogP contribution in [-0.2, 0) is 4.79 Å². The Kier molecular flexibility index (Phi) is 3.83. The van der Waals surface area contributed by atoms with Crippen molar-refractivity contribution in [3.05, 3.63) is 39.7 Å². The van der Waals surface area contributed by atoms with Crippen molar-refractivity contribution in [1.29, 1.82) is 0 Å². The third kappa shape index (κ3) is 2.37. The van der Waals surface area contributed by atoms with Gasteiger partial charge < -0.3 is 9.14 Å². The summed E-state index contributed by atoms with van der Waals surface area (Å²) in [6.45, 7) is 1.45. The molecule has 2 heterocycles. The number of ether oxygens (including phenoxy) is 1. The predicted octanol–water partition coefficient (Wildman–Crippen LogP) is 4.43. The molecular formula is C16H16INO2. The van der Waals surface area contributed by atoms with Crippen LogP contribution < -0.4 is 4.74 Å². The number of aromatic nitrogens is 1. The van der Waals surface area contributed by atoms with Crippen molar-refractivity contribution in [2.45, 2.75) is 32.6 Å². The molecule has 2 aromatic rings. The van der Waals surface area contributed by atoms with Gasteiger partial charge >= 0.3 is 5.97 Å². The molecule has 0 aliphatic heterocycles. The number of carbonyl (C=O) groups excluding carboxylic acids is 1. The summed E-state index contributed by atoms with van der Waals surface area (Å²) in [6, 6.07) is 5.97. The van der Waals surface area contributed by atoms with Crippen LogP contribution in [0.15, 0.2) is 30.5 Å². The van der Waals surface area contributed by atoms with Crippen LogP contribution >= 0.6 is 22.6 Å². The quantitative estimate of drug-likeness (QED) is 0.569. The van der Waals surface area contributed by atoms with E-state index in [1.165, 1.54) is 31.0 Å². The SMILES string of the molecule is CC(=O)Oc1c(I)c(C2=CCCCC2)n2ccccc12. The Balaban J connectivity index is 2.23. The number of esters is 1. The number of rotatable bonds is 2. The maximum absolute atomic E-state index is 11.3. The van der Waals surface area contributed by atoms with Crippen LogP contribution in [0.2, 0.25) is 0 Å². The van der Waals surface area contributed by atoms with E-state index in [1.54, 1.807) is 0 Å². The van der Waals surface area contributed by atoms with Gasteiger partial charge in [-0.25, -0.2) is 0 Å². The molecule has 0 atom stereocenters. The van der Waals surface area contributed by atoms with Crippen molar-refractivity contribution in [1.82, 2.24) is 4.40 Å². The van der Waals surface area contributed by atoms with Gasteiger partial charge in [0, 0.05) is 13.1 Å². The second-order valence-electron chi connectivity index (χ2n) is 5.02. The van der Waals surface area contributed by atoms with Crippen molar-refractivity contribution in [2.75, 3.05) is 0 Å². The smallest absolute Gasteiger partial charge is 0.308 e. The molecule has 0 saturated heterocycles. The third-order valence-corrected chi connectivity index (χ3v) is 4.58. The van der Waals surface area contributed by atoms with Crippen LogP contribution in [0.25, 0.3) is 11.1 Å². The van der Waals surface area contributed by atoms with Crippen molar-refractivity contribution in [3.63, 3.8) is 0 Å². The Labute approximate surface area is 131 Å². The van der Waals surface area contributed by atoms with Gasteiger partial charge in [-0.3, -0.25) is 4.79 Å². The van der Waals surface area contributed by atoms with Crippen LogP contribution in [0.1, 0.15) is 38.3 Å². The van der Waals surface area contributed by atoms with E-state index in [0.717, 1.165) is 21.9 Å². The Hall–Kier alpha value is -1.30. The van der Waals surface area contributed by atoms with E-state index < -0.39 is 0 Å². The number of hydrogen-bond donors (Lipinski definition) is 0. The van der Waals surface area contributed by atoms with Crippen LogP contribution in [0, 0.1) is 3.57 Å². The van der Waals surface area contributed by atoms with Gasteiger partial charge in [0.2, 0.25) is 0 Å². The van der Waals surface area contributed by atoms with Gasteiger partial charge in [0.1, 0.15) is 0 Å². The summed E-state index contributed by atoms with van der Waals surface area (Å²) in [6.07, 6.45) is 9.07. The van der Waals surface area contributed by atoms with E-state index in [4.69, 9.17) is 4.74 Å². The summed E-state index contributed by atoms with van der Waals surface area (Å²) in [5.74, 6) is 0.406. The minimum atomic E-state index is -0.275. The summed E-state index contributed by atoms with van der Waals surface area (Å²) in [5.41, 5.74) is 3.49. The predicted molar refractivity (Wildman–Crippen MR) is 87.9 cm³/mol. The van der Waals surface area contributed by atoms with Crippen molar-refractivity contribution in [2.24, 2.45) is 0 Å². The first-order chi connectivity index (χ1) is 9.68. The summed E-state index contributed by atoms with van der Waals surface area (Å²) in [7, 11) is 0. The molecule has 0 radical (unpaired) electrons. The number of pyridine rings is 1. The minimum Gasteiger partial charge on any atom is -0.423 e. The first-order valence-electron chi connectivity index (χ1n) is 6.85. The number of halogens is 1. The zero-order chi connectivity index (χ0) is 14.1. The molecule has 0 bridgehead atoms. The van der Waals surface area contributed by atoms with E-state index in [-0.39, 0.29) is 5.97 Å². The van der Waals surface area contributed by atoms with E-state index >= 15 is 0 Å². The van der Waals surface area contributed by atoms with Gasteiger partial charge in [0.15, 0.2) is 5.75 Å². The Morgan fingerprint density at radius 1 is 1.35 bits per heavy atom. The van der Waals surface area contributed by atoms with E-state index in [1.807, 2.05) is 24.4 Å². The standard InChI is InChI=1S/C16H16INO2/c1-11(19)20-16-13-9-5-6-10-18(13)15(14(16)17)12-7-3-2-4-8-12/h5-7,9-10H,2-4,8H2,1H3. The molecule has 4 heteroatoms. The first kappa shape index (κ1) is 13.7. The highest BCUT2D eigenvalue weighted by atomic mass is 127. The van der Waals surface area contributed by atoms with Crippen molar-refractivity contribution < 1.29 is 9.53 Å². The lowest BCUT2D eigenvalue weighted by Crippen LogP contribution is -2.02. The lowest BCUT2D eigenvalue weighted by molar-refractivity contribution is -0.131. The summed E-state index contributed by atoms with van der Waals surface area (Å²) in [4.78, 5) is 11.3. The second kappa shape index (κ2) is 5.60. The maximum Gasteiger partial charge on any atom is 0.308 e. The third-order valence-electron chi connectivity index (χ3n) is 3.58. The molecule has 0 spiro atoms. The molecular weight excluding hydrogens is 365 g/mol. The molecule has 20 heavy (non-hydrogen) atoms. The molecule has 0 unspecified atom stereocenters. The molecule has 104 valence electrons. The Bertz CT molecular complexity index is 700. The number of nitrogens with zero attached hydrogens (tertiary/aromatic N) is 1. The number of fused-ring (bicyclic) bond motifs is 1. The molecule has 2 aromatic heterocycles. The fraction of sp³-hybridized carbons (Fsp3) is 0.312. The van der Waals surface area contributed by atoms with Crippen LogP contribution in [0.5, 0.6) is 5.75 Å². The van der Waals surface area contributed by atoms with Crippen LogP contribution in [0.4, 0.5) is 0 Å². The molecule has 0 fully saturated rings. The van der Waals surface area contributed by atoms with Crippen molar-refractivity contribution in [3.8, 4) is 5.75 Å². The van der Waals surface area contributed by atoms with Gasteiger partial charge in [-0.05, 0) is 66.0 Å². The van der Waals surface area contributed by atoms with Gasteiger partial charge in [-0.2, -0.15) is 0 Å².